The molecule has 4 rings (SSSR count). The van der Waals surface area contributed by atoms with Crippen LogP contribution in [0.1, 0.15) is 22.6 Å². The number of carbonyl (C=O) groups excluding carboxylic acids is 1. The molecule has 0 N–H and O–H groups in total. The maximum absolute atomic E-state index is 12.7. The van der Waals surface area contributed by atoms with Crippen molar-refractivity contribution in [2.24, 2.45) is 7.05 Å². The van der Waals surface area contributed by atoms with Crippen LogP contribution in [0.4, 0.5) is 0 Å². The smallest absolute Gasteiger partial charge is 0.242 e. The highest BCUT2D eigenvalue weighted by Gasteiger charge is 2.29. The summed E-state index contributed by atoms with van der Waals surface area (Å²) in [4.78, 5) is 14.7. The summed E-state index contributed by atoms with van der Waals surface area (Å²) in [6, 6.07) is 12.3. The van der Waals surface area contributed by atoms with Crippen LogP contribution < -0.4 is 0 Å². The first-order valence-corrected chi connectivity index (χ1v) is 8.15. The van der Waals surface area contributed by atoms with Crippen molar-refractivity contribution < 1.29 is 4.79 Å². The molecule has 24 heavy (non-hydrogen) atoms. The van der Waals surface area contributed by atoms with E-state index in [-0.39, 0.29) is 11.8 Å². The molecule has 1 amide bonds. The summed E-state index contributed by atoms with van der Waals surface area (Å²) in [5.74, 6) is 0.326. The third-order valence-corrected chi connectivity index (χ3v) is 4.66. The molecule has 1 aliphatic rings. The van der Waals surface area contributed by atoms with Crippen molar-refractivity contribution in [2.45, 2.75) is 19.0 Å². The minimum absolute atomic E-state index is 0.148. The highest BCUT2D eigenvalue weighted by atomic mass is 16.2. The number of benzene rings is 1. The van der Waals surface area contributed by atoms with Crippen molar-refractivity contribution in [1.82, 2.24) is 19.2 Å². The van der Waals surface area contributed by atoms with Gasteiger partial charge in [-0.1, -0.05) is 24.3 Å². The van der Waals surface area contributed by atoms with E-state index in [0.29, 0.717) is 19.6 Å². The molecule has 1 unspecified atom stereocenters. The maximum atomic E-state index is 12.7. The van der Waals surface area contributed by atoms with E-state index >= 15 is 0 Å². The second kappa shape index (κ2) is 6.00. The van der Waals surface area contributed by atoms with Crippen molar-refractivity contribution in [1.29, 1.82) is 0 Å². The third kappa shape index (κ3) is 2.73. The van der Waals surface area contributed by atoms with Gasteiger partial charge in [-0.3, -0.25) is 9.48 Å². The molecule has 1 aromatic carbocycles. The van der Waals surface area contributed by atoms with Crippen LogP contribution in [0.3, 0.4) is 0 Å². The van der Waals surface area contributed by atoms with E-state index in [1.165, 1.54) is 11.1 Å². The summed E-state index contributed by atoms with van der Waals surface area (Å²) in [6.45, 7) is 1.75. The Bertz CT molecular complexity index is 850. The summed E-state index contributed by atoms with van der Waals surface area (Å²) in [7, 11) is 1.92. The monoisotopic (exact) mass is 320 g/mol. The van der Waals surface area contributed by atoms with Crippen LogP contribution >= 0.6 is 0 Å². The number of fused-ring (bicyclic) bond motifs is 1. The van der Waals surface area contributed by atoms with Gasteiger partial charge in [-0.15, -0.1) is 0 Å². The van der Waals surface area contributed by atoms with Crippen LogP contribution in [0.2, 0.25) is 0 Å². The molecule has 1 aliphatic heterocycles. The lowest BCUT2D eigenvalue weighted by atomic mass is 9.86. The second-order valence-electron chi connectivity index (χ2n) is 6.33. The standard InChI is InChI=1S/C19H20N4O/c1-21-11-16(10-20-21)18-13-23(12-15-6-2-3-7-17(15)18)19(24)14-22-8-4-5-9-22/h2-11,18H,12-14H2,1H3. The van der Waals surface area contributed by atoms with E-state index in [0.717, 1.165) is 5.56 Å². The quantitative estimate of drug-likeness (QED) is 0.744. The largest absolute Gasteiger partial charge is 0.345 e. The van der Waals surface area contributed by atoms with Gasteiger partial charge in [0.1, 0.15) is 6.54 Å². The average molecular weight is 320 g/mol. The fourth-order valence-corrected chi connectivity index (χ4v) is 3.43. The minimum Gasteiger partial charge on any atom is -0.345 e. The molecule has 0 aliphatic carbocycles. The van der Waals surface area contributed by atoms with Gasteiger partial charge in [0.05, 0.1) is 6.20 Å². The fourth-order valence-electron chi connectivity index (χ4n) is 3.43. The topological polar surface area (TPSA) is 43.1 Å². The highest BCUT2D eigenvalue weighted by Crippen LogP contribution is 2.33. The fraction of sp³-hybridized carbons (Fsp3) is 0.263. The number of carbonyl (C=O) groups is 1. The average Bonchev–Trinajstić information content (AvgIpc) is 3.25. The SMILES string of the molecule is Cn1cc(C2CN(C(=O)Cn3cccc3)Cc3ccccc32)cn1. The predicted molar refractivity (Wildman–Crippen MR) is 91.3 cm³/mol. The Balaban J connectivity index is 1.63. The van der Waals surface area contributed by atoms with E-state index in [9.17, 15) is 4.79 Å². The Labute approximate surface area is 141 Å². The van der Waals surface area contributed by atoms with Crippen LogP contribution in [-0.2, 0) is 24.9 Å². The minimum atomic E-state index is 0.148. The molecule has 2 aromatic heterocycles. The molecule has 1 atom stereocenters. The van der Waals surface area contributed by atoms with E-state index < -0.39 is 0 Å². The molecule has 0 spiro atoms. The lowest BCUT2D eigenvalue weighted by molar-refractivity contribution is -0.133. The van der Waals surface area contributed by atoms with Gasteiger partial charge in [0.15, 0.2) is 0 Å². The van der Waals surface area contributed by atoms with Gasteiger partial charge in [-0.05, 0) is 28.8 Å². The number of amides is 1. The van der Waals surface area contributed by atoms with Gasteiger partial charge in [0.2, 0.25) is 5.91 Å². The molecular weight excluding hydrogens is 300 g/mol. The summed E-state index contributed by atoms with van der Waals surface area (Å²) >= 11 is 0. The first-order chi connectivity index (χ1) is 11.7. The van der Waals surface area contributed by atoms with Gasteiger partial charge >= 0.3 is 0 Å². The number of hydrogen-bond acceptors (Lipinski definition) is 2. The normalized spacial score (nSPS) is 16.9. The van der Waals surface area contributed by atoms with Crippen LogP contribution in [-0.4, -0.2) is 31.7 Å². The number of aromatic nitrogens is 3. The Morgan fingerprint density at radius 2 is 2.00 bits per heavy atom. The van der Waals surface area contributed by atoms with Crippen LogP contribution in [0, 0.1) is 0 Å². The number of hydrogen-bond donors (Lipinski definition) is 0. The molecular formula is C19H20N4O. The summed E-state index contributed by atoms with van der Waals surface area (Å²) < 4.78 is 3.74. The number of rotatable bonds is 3. The molecule has 5 heteroatoms. The van der Waals surface area contributed by atoms with Crippen LogP contribution in [0.25, 0.3) is 0 Å². The summed E-state index contributed by atoms with van der Waals surface area (Å²) in [5.41, 5.74) is 3.68. The van der Waals surface area contributed by atoms with Gasteiger partial charge in [0, 0.05) is 44.6 Å². The molecule has 0 fully saturated rings. The lowest BCUT2D eigenvalue weighted by Crippen LogP contribution is -2.40. The lowest BCUT2D eigenvalue weighted by Gasteiger charge is -2.34. The first-order valence-electron chi connectivity index (χ1n) is 8.15. The second-order valence-corrected chi connectivity index (χ2v) is 6.33. The molecule has 5 nitrogen and oxygen atoms in total. The van der Waals surface area contributed by atoms with Crippen molar-refractivity contribution >= 4 is 5.91 Å². The third-order valence-electron chi connectivity index (χ3n) is 4.66. The predicted octanol–water partition coefficient (Wildman–Crippen LogP) is 2.40. The molecule has 0 bridgehead atoms. The van der Waals surface area contributed by atoms with E-state index in [2.05, 4.69) is 23.3 Å². The number of aryl methyl sites for hydroxylation is 1. The van der Waals surface area contributed by atoms with Crippen molar-refractivity contribution in [3.63, 3.8) is 0 Å². The summed E-state index contributed by atoms with van der Waals surface area (Å²) in [5, 5.41) is 4.30. The Morgan fingerprint density at radius 1 is 1.21 bits per heavy atom. The Kier molecular flexibility index (Phi) is 3.69. The van der Waals surface area contributed by atoms with Gasteiger partial charge in [0.25, 0.3) is 0 Å². The number of nitrogens with zero attached hydrogens (tertiary/aromatic N) is 4. The Hall–Kier alpha value is -2.82. The van der Waals surface area contributed by atoms with Crippen LogP contribution in [0.5, 0.6) is 0 Å². The highest BCUT2D eigenvalue weighted by molar-refractivity contribution is 5.76. The Morgan fingerprint density at radius 3 is 2.75 bits per heavy atom. The molecule has 0 radical (unpaired) electrons. The molecule has 0 saturated heterocycles. The zero-order valence-corrected chi connectivity index (χ0v) is 13.7. The van der Waals surface area contributed by atoms with E-state index in [1.54, 1.807) is 0 Å². The maximum Gasteiger partial charge on any atom is 0.242 e. The van der Waals surface area contributed by atoms with Gasteiger partial charge in [-0.25, -0.2) is 0 Å². The van der Waals surface area contributed by atoms with Gasteiger partial charge in [-0.2, -0.15) is 5.10 Å². The van der Waals surface area contributed by atoms with E-state index in [1.807, 2.05) is 64.2 Å². The molecule has 0 saturated carbocycles. The van der Waals surface area contributed by atoms with Crippen molar-refractivity contribution in [2.75, 3.05) is 6.54 Å². The van der Waals surface area contributed by atoms with Crippen LogP contribution in [0.15, 0.2) is 61.2 Å². The molecule has 122 valence electrons. The molecule has 3 heterocycles. The van der Waals surface area contributed by atoms with Crippen molar-refractivity contribution in [3.05, 3.63) is 77.9 Å². The zero-order valence-electron chi connectivity index (χ0n) is 13.7. The first kappa shape index (κ1) is 14.8. The van der Waals surface area contributed by atoms with Crippen molar-refractivity contribution in [3.8, 4) is 0 Å². The van der Waals surface area contributed by atoms with Gasteiger partial charge < -0.3 is 9.47 Å². The zero-order chi connectivity index (χ0) is 16.5. The summed E-state index contributed by atoms with van der Waals surface area (Å²) in [6.07, 6.45) is 7.80. The molecule has 3 aromatic rings. The van der Waals surface area contributed by atoms with E-state index in [4.69, 9.17) is 0 Å².